The van der Waals surface area contributed by atoms with Crippen LogP contribution in [0, 0.1) is 18.3 Å². The third kappa shape index (κ3) is 3.18. The molecule has 1 N–H and O–H groups in total. The molecule has 0 bridgehead atoms. The van der Waals surface area contributed by atoms with Gasteiger partial charge in [0.15, 0.2) is 5.76 Å². The zero-order valence-corrected chi connectivity index (χ0v) is 13.1. The first kappa shape index (κ1) is 15.8. The molecule has 0 saturated carbocycles. The van der Waals surface area contributed by atoms with Crippen LogP contribution in [0.15, 0.2) is 22.8 Å². The molecule has 0 atom stereocenters. The molecule has 0 radical (unpaired) electrons. The van der Waals surface area contributed by atoms with Crippen molar-refractivity contribution in [2.75, 3.05) is 5.32 Å². The number of carbonyl (C=O) groups excluding carboxylic acids is 2. The molecule has 0 unspecified atom stereocenters. The molecule has 6 nitrogen and oxygen atoms in total. The first-order valence-electron chi connectivity index (χ1n) is 6.53. The molecule has 0 aliphatic carbocycles. The first-order chi connectivity index (χ1) is 10.4. The van der Waals surface area contributed by atoms with E-state index in [1.165, 1.54) is 12.3 Å². The normalized spacial score (nSPS) is 10.3. The number of nitrogens with zero attached hydrogens (tertiary/aromatic N) is 1. The predicted octanol–water partition coefficient (Wildman–Crippen LogP) is 3.34. The fraction of sp³-hybridized carbons (Fsp3) is 0.267. The Labute approximate surface area is 131 Å². The highest BCUT2D eigenvalue weighted by molar-refractivity contribution is 7.18. The van der Waals surface area contributed by atoms with Gasteiger partial charge in [-0.25, -0.2) is 4.79 Å². The summed E-state index contributed by atoms with van der Waals surface area (Å²) in [6.07, 6.45) is 1.12. The maximum atomic E-state index is 12.0. The highest BCUT2D eigenvalue weighted by Crippen LogP contribution is 2.33. The molecule has 7 heteroatoms. The van der Waals surface area contributed by atoms with E-state index in [1.54, 1.807) is 26.8 Å². The second-order valence-electron chi connectivity index (χ2n) is 4.76. The lowest BCUT2D eigenvalue weighted by atomic mass is 10.2. The summed E-state index contributed by atoms with van der Waals surface area (Å²) < 4.78 is 10.1. The van der Waals surface area contributed by atoms with Crippen molar-refractivity contribution in [3.63, 3.8) is 0 Å². The molecule has 0 aromatic carbocycles. The summed E-state index contributed by atoms with van der Waals surface area (Å²) in [5, 5.41) is 12.1. The molecule has 0 aliphatic rings. The van der Waals surface area contributed by atoms with Crippen LogP contribution in [0.25, 0.3) is 0 Å². The van der Waals surface area contributed by atoms with E-state index in [0.717, 1.165) is 11.3 Å². The molecule has 0 spiro atoms. The highest BCUT2D eigenvalue weighted by Gasteiger charge is 2.23. The van der Waals surface area contributed by atoms with Gasteiger partial charge in [-0.15, -0.1) is 11.3 Å². The molecule has 2 rings (SSSR count). The highest BCUT2D eigenvalue weighted by atomic mass is 32.1. The number of hydrogen-bond acceptors (Lipinski definition) is 6. The van der Waals surface area contributed by atoms with E-state index in [-0.39, 0.29) is 17.4 Å². The van der Waals surface area contributed by atoms with Crippen molar-refractivity contribution in [3.8, 4) is 6.07 Å². The Kier molecular flexibility index (Phi) is 4.63. The second kappa shape index (κ2) is 6.45. The van der Waals surface area contributed by atoms with Crippen molar-refractivity contribution in [1.29, 1.82) is 5.26 Å². The van der Waals surface area contributed by atoms with E-state index in [0.29, 0.717) is 15.4 Å². The molecular formula is C15H14N2O4S. The summed E-state index contributed by atoms with van der Waals surface area (Å²) in [6.45, 7) is 5.13. The fourth-order valence-corrected chi connectivity index (χ4v) is 2.81. The minimum Gasteiger partial charge on any atom is -0.459 e. The Balaban J connectivity index is 2.31. The monoisotopic (exact) mass is 318 g/mol. The number of nitriles is 1. The van der Waals surface area contributed by atoms with Gasteiger partial charge in [-0.3, -0.25) is 4.79 Å². The maximum absolute atomic E-state index is 12.0. The van der Waals surface area contributed by atoms with Crippen molar-refractivity contribution in [3.05, 3.63) is 40.2 Å². The molecule has 2 aromatic heterocycles. The number of carbonyl (C=O) groups is 2. The van der Waals surface area contributed by atoms with Gasteiger partial charge in [0, 0.05) is 0 Å². The minimum atomic E-state index is -0.507. The van der Waals surface area contributed by atoms with Gasteiger partial charge in [-0.05, 0) is 38.5 Å². The molecule has 1 amide bonds. The van der Waals surface area contributed by atoms with Crippen LogP contribution >= 0.6 is 11.3 Å². The average molecular weight is 318 g/mol. The quantitative estimate of drug-likeness (QED) is 0.873. The van der Waals surface area contributed by atoms with Gasteiger partial charge in [-0.1, -0.05) is 0 Å². The number of thiophene rings is 1. The Hall–Kier alpha value is -2.59. The topological polar surface area (TPSA) is 92.3 Å². The standard InChI is InChI=1S/C15H14N2O4S/c1-8(2)21-15(19)12-9(3)10(7-16)14(22-12)17-13(18)11-5-4-6-20-11/h4-6,8H,1-3H3,(H,17,18). The van der Waals surface area contributed by atoms with Crippen LogP contribution in [0.2, 0.25) is 0 Å². The molecular weight excluding hydrogens is 304 g/mol. The summed E-state index contributed by atoms with van der Waals surface area (Å²) in [7, 11) is 0. The van der Waals surface area contributed by atoms with Crippen molar-refractivity contribution >= 4 is 28.2 Å². The van der Waals surface area contributed by atoms with E-state index in [4.69, 9.17) is 9.15 Å². The number of esters is 1. The molecule has 2 aromatic rings. The summed E-state index contributed by atoms with van der Waals surface area (Å²) in [5.41, 5.74) is 0.744. The first-order valence-corrected chi connectivity index (χ1v) is 7.35. The zero-order valence-electron chi connectivity index (χ0n) is 12.3. The lowest BCUT2D eigenvalue weighted by Crippen LogP contribution is -2.11. The Morgan fingerprint density at radius 3 is 2.73 bits per heavy atom. The van der Waals surface area contributed by atoms with Gasteiger partial charge >= 0.3 is 5.97 Å². The van der Waals surface area contributed by atoms with Crippen LogP contribution in [0.5, 0.6) is 0 Å². The van der Waals surface area contributed by atoms with Gasteiger partial charge < -0.3 is 14.5 Å². The van der Waals surface area contributed by atoms with E-state index >= 15 is 0 Å². The second-order valence-corrected chi connectivity index (χ2v) is 5.78. The van der Waals surface area contributed by atoms with Crippen LogP contribution in [-0.4, -0.2) is 18.0 Å². The van der Waals surface area contributed by atoms with Crippen LogP contribution in [0.3, 0.4) is 0 Å². The third-order valence-corrected chi connectivity index (χ3v) is 3.95. The predicted molar refractivity (Wildman–Crippen MR) is 81.0 cm³/mol. The SMILES string of the molecule is Cc1c(C(=O)OC(C)C)sc(NC(=O)c2ccco2)c1C#N. The van der Waals surface area contributed by atoms with Crippen LogP contribution in [0.4, 0.5) is 5.00 Å². The lowest BCUT2D eigenvalue weighted by molar-refractivity contribution is 0.0383. The maximum Gasteiger partial charge on any atom is 0.348 e. The van der Waals surface area contributed by atoms with Gasteiger partial charge in [0.1, 0.15) is 15.9 Å². The van der Waals surface area contributed by atoms with Crippen molar-refractivity contribution < 1.29 is 18.7 Å². The van der Waals surface area contributed by atoms with Gasteiger partial charge in [-0.2, -0.15) is 5.26 Å². The number of amides is 1. The fourth-order valence-electron chi connectivity index (χ4n) is 1.77. The number of hydrogen-bond donors (Lipinski definition) is 1. The number of furan rings is 1. The third-order valence-electron chi connectivity index (χ3n) is 2.76. The smallest absolute Gasteiger partial charge is 0.348 e. The van der Waals surface area contributed by atoms with Crippen molar-refractivity contribution in [1.82, 2.24) is 0 Å². The summed E-state index contributed by atoms with van der Waals surface area (Å²) >= 11 is 1.02. The molecule has 0 fully saturated rings. The van der Waals surface area contributed by atoms with Crippen LogP contribution in [-0.2, 0) is 4.74 Å². The molecule has 0 saturated heterocycles. The molecule has 114 valence electrons. The average Bonchev–Trinajstić information content (AvgIpc) is 3.06. The lowest BCUT2D eigenvalue weighted by Gasteiger charge is -2.06. The Bertz CT molecular complexity index is 738. The number of rotatable bonds is 4. The number of ether oxygens (including phenoxy) is 1. The van der Waals surface area contributed by atoms with E-state index < -0.39 is 11.9 Å². The zero-order chi connectivity index (χ0) is 16.3. The van der Waals surface area contributed by atoms with E-state index in [1.807, 2.05) is 6.07 Å². The summed E-state index contributed by atoms with van der Waals surface area (Å²) in [4.78, 5) is 24.3. The van der Waals surface area contributed by atoms with Gasteiger partial charge in [0.05, 0.1) is 17.9 Å². The number of anilines is 1. The molecule has 2 heterocycles. The minimum absolute atomic E-state index is 0.126. The Morgan fingerprint density at radius 1 is 1.45 bits per heavy atom. The molecule has 22 heavy (non-hydrogen) atoms. The van der Waals surface area contributed by atoms with Gasteiger partial charge in [0.25, 0.3) is 5.91 Å². The van der Waals surface area contributed by atoms with Crippen molar-refractivity contribution in [2.24, 2.45) is 0 Å². The van der Waals surface area contributed by atoms with E-state index in [2.05, 4.69) is 5.32 Å². The Morgan fingerprint density at radius 2 is 2.18 bits per heavy atom. The summed E-state index contributed by atoms with van der Waals surface area (Å²) in [6, 6.07) is 5.10. The summed E-state index contributed by atoms with van der Waals surface area (Å²) in [5.74, 6) is -0.861. The van der Waals surface area contributed by atoms with Crippen LogP contribution in [0.1, 0.15) is 45.2 Å². The van der Waals surface area contributed by atoms with Crippen molar-refractivity contribution in [2.45, 2.75) is 26.9 Å². The molecule has 0 aliphatic heterocycles. The van der Waals surface area contributed by atoms with Gasteiger partial charge in [0.2, 0.25) is 0 Å². The van der Waals surface area contributed by atoms with Crippen LogP contribution < -0.4 is 5.32 Å². The largest absolute Gasteiger partial charge is 0.459 e. The van der Waals surface area contributed by atoms with E-state index in [9.17, 15) is 14.9 Å². The number of nitrogens with one attached hydrogen (secondary N) is 1.